The smallest absolute Gasteiger partial charge is 0.416 e. The topological polar surface area (TPSA) is 37.3 Å². The second-order valence-corrected chi connectivity index (χ2v) is 3.40. The van der Waals surface area contributed by atoms with Gasteiger partial charge in [-0.25, -0.2) is 0 Å². The fraction of sp³-hybridized carbons (Fsp3) is 0.250. The van der Waals surface area contributed by atoms with Gasteiger partial charge in [0.2, 0.25) is 0 Å². The third-order valence-electron chi connectivity index (χ3n) is 2.02. The fourth-order valence-electron chi connectivity index (χ4n) is 1.23. The highest BCUT2D eigenvalue weighted by atomic mass is 19.4. The Morgan fingerprint density at radius 1 is 1.41 bits per heavy atom. The van der Waals surface area contributed by atoms with E-state index in [-0.39, 0.29) is 11.1 Å². The molecule has 0 fully saturated rings. The van der Waals surface area contributed by atoms with E-state index in [1.54, 1.807) is 0 Å². The van der Waals surface area contributed by atoms with E-state index >= 15 is 0 Å². The van der Waals surface area contributed by atoms with Gasteiger partial charge >= 0.3 is 12.1 Å². The number of alkyl halides is 3. The molecule has 0 radical (unpaired) electrons. The van der Waals surface area contributed by atoms with Gasteiger partial charge in [0.05, 0.1) is 5.56 Å². The summed E-state index contributed by atoms with van der Waals surface area (Å²) in [6.45, 7) is 1.36. The molecule has 0 aliphatic rings. The number of rotatable bonds is 1. The lowest BCUT2D eigenvalue weighted by molar-refractivity contribution is -0.138. The van der Waals surface area contributed by atoms with Crippen LogP contribution in [0.1, 0.15) is 23.1 Å². The summed E-state index contributed by atoms with van der Waals surface area (Å²) in [6, 6.07) is 3.66. The first kappa shape index (κ1) is 13.1. The summed E-state index contributed by atoms with van der Waals surface area (Å²) in [5.41, 5.74) is -0.481. The summed E-state index contributed by atoms with van der Waals surface area (Å²) in [4.78, 5) is 10.2. The van der Waals surface area contributed by atoms with Crippen LogP contribution >= 0.6 is 0 Å². The number of hydrogen-bond donors (Lipinski definition) is 1. The van der Waals surface area contributed by atoms with Crippen LogP contribution in [0.15, 0.2) is 18.2 Å². The van der Waals surface area contributed by atoms with Crippen LogP contribution in [0.2, 0.25) is 0 Å². The fourth-order valence-corrected chi connectivity index (χ4v) is 1.23. The molecular weight excluding hydrogens is 233 g/mol. The van der Waals surface area contributed by atoms with Gasteiger partial charge in [-0.2, -0.15) is 13.2 Å². The van der Waals surface area contributed by atoms with E-state index in [2.05, 4.69) is 11.8 Å². The molecule has 1 N–H and O–H groups in total. The van der Waals surface area contributed by atoms with Crippen LogP contribution in [-0.2, 0) is 11.0 Å². The molecule has 0 unspecified atom stereocenters. The van der Waals surface area contributed by atoms with Crippen molar-refractivity contribution in [2.75, 3.05) is 0 Å². The lowest BCUT2D eigenvalue weighted by Crippen LogP contribution is -2.07. The van der Waals surface area contributed by atoms with Crippen LogP contribution in [0.4, 0.5) is 13.2 Å². The van der Waals surface area contributed by atoms with Crippen LogP contribution in [0.3, 0.4) is 0 Å². The molecule has 1 aromatic carbocycles. The highest BCUT2D eigenvalue weighted by Crippen LogP contribution is 2.32. The molecule has 0 aromatic heterocycles. The monoisotopic (exact) mass is 242 g/mol. The number of aryl methyl sites for hydroxylation is 1. The van der Waals surface area contributed by atoms with E-state index in [1.165, 1.54) is 19.1 Å². The molecule has 1 rings (SSSR count). The standard InChI is InChI=1S/C12H9F3O2/c1-8-5-6-9(3-2-4-11(16)17)7-10(8)12(13,14)15/h5-7H,4H2,1H3,(H,16,17). The minimum Gasteiger partial charge on any atom is -0.481 e. The van der Waals surface area contributed by atoms with Crippen molar-refractivity contribution in [3.63, 3.8) is 0 Å². The number of carbonyl (C=O) groups is 1. The zero-order valence-electron chi connectivity index (χ0n) is 8.93. The van der Waals surface area contributed by atoms with Gasteiger partial charge in [0, 0.05) is 5.56 Å². The molecule has 0 saturated heterocycles. The molecule has 1 aromatic rings. The number of halogens is 3. The largest absolute Gasteiger partial charge is 0.481 e. The summed E-state index contributed by atoms with van der Waals surface area (Å²) in [7, 11) is 0. The van der Waals surface area contributed by atoms with E-state index in [0.717, 1.165) is 6.07 Å². The van der Waals surface area contributed by atoms with Crippen molar-refractivity contribution in [2.45, 2.75) is 19.5 Å². The van der Waals surface area contributed by atoms with Gasteiger partial charge in [0.15, 0.2) is 0 Å². The molecule has 0 aliphatic carbocycles. The predicted molar refractivity (Wildman–Crippen MR) is 55.3 cm³/mol. The molecule has 0 saturated carbocycles. The van der Waals surface area contributed by atoms with Gasteiger partial charge in [-0.3, -0.25) is 4.79 Å². The Labute approximate surface area is 96.1 Å². The third kappa shape index (κ3) is 3.83. The lowest BCUT2D eigenvalue weighted by Gasteiger charge is -2.09. The molecule has 0 spiro atoms. The van der Waals surface area contributed by atoms with Crippen molar-refractivity contribution in [2.24, 2.45) is 0 Å². The maximum Gasteiger partial charge on any atom is 0.416 e. The maximum absolute atomic E-state index is 12.5. The van der Waals surface area contributed by atoms with Crippen molar-refractivity contribution in [1.82, 2.24) is 0 Å². The number of carboxylic acids is 1. The Balaban J connectivity index is 3.04. The quantitative estimate of drug-likeness (QED) is 0.769. The second-order valence-electron chi connectivity index (χ2n) is 3.40. The molecule has 0 bridgehead atoms. The Kier molecular flexibility index (Phi) is 3.79. The van der Waals surface area contributed by atoms with Crippen molar-refractivity contribution in [3.8, 4) is 11.8 Å². The Morgan fingerprint density at radius 2 is 2.06 bits per heavy atom. The van der Waals surface area contributed by atoms with Gasteiger partial charge in [0.25, 0.3) is 0 Å². The minimum absolute atomic E-state index is 0.112. The zero-order valence-corrected chi connectivity index (χ0v) is 8.93. The van der Waals surface area contributed by atoms with E-state index in [1.807, 2.05) is 0 Å². The first-order valence-electron chi connectivity index (χ1n) is 4.69. The minimum atomic E-state index is -4.42. The van der Waals surface area contributed by atoms with E-state index in [4.69, 9.17) is 5.11 Å². The Bertz CT molecular complexity index is 493. The zero-order chi connectivity index (χ0) is 13.1. The number of hydrogen-bond acceptors (Lipinski definition) is 1. The van der Waals surface area contributed by atoms with Crippen LogP contribution < -0.4 is 0 Å². The van der Waals surface area contributed by atoms with Crippen LogP contribution in [0.5, 0.6) is 0 Å². The van der Waals surface area contributed by atoms with E-state index in [9.17, 15) is 18.0 Å². The van der Waals surface area contributed by atoms with Gasteiger partial charge in [-0.15, -0.1) is 0 Å². The van der Waals surface area contributed by atoms with Gasteiger partial charge in [-0.1, -0.05) is 17.9 Å². The number of benzene rings is 1. The van der Waals surface area contributed by atoms with E-state index in [0.29, 0.717) is 0 Å². The predicted octanol–water partition coefficient (Wildman–Crippen LogP) is 2.84. The lowest BCUT2D eigenvalue weighted by atomic mass is 10.0. The van der Waals surface area contributed by atoms with Crippen LogP contribution in [0, 0.1) is 18.8 Å². The molecule has 0 amide bonds. The average Bonchev–Trinajstić information content (AvgIpc) is 2.18. The number of aliphatic carboxylic acids is 1. The molecule has 0 aliphatic heterocycles. The summed E-state index contributed by atoms with van der Waals surface area (Å²) in [6.07, 6.45) is -4.82. The summed E-state index contributed by atoms with van der Waals surface area (Å²) < 4.78 is 37.6. The summed E-state index contributed by atoms with van der Waals surface area (Å²) in [5.74, 6) is 3.56. The molecule has 90 valence electrons. The van der Waals surface area contributed by atoms with Crippen LogP contribution in [0.25, 0.3) is 0 Å². The van der Waals surface area contributed by atoms with Crippen molar-refractivity contribution in [1.29, 1.82) is 0 Å². The molecule has 0 heterocycles. The van der Waals surface area contributed by atoms with Crippen molar-refractivity contribution in [3.05, 3.63) is 34.9 Å². The highest BCUT2D eigenvalue weighted by molar-refractivity contribution is 5.70. The Morgan fingerprint density at radius 3 is 2.59 bits per heavy atom. The van der Waals surface area contributed by atoms with Gasteiger partial charge in [-0.05, 0) is 24.6 Å². The summed E-state index contributed by atoms with van der Waals surface area (Å²) in [5, 5.41) is 8.34. The van der Waals surface area contributed by atoms with Gasteiger partial charge in [0.1, 0.15) is 6.42 Å². The molecule has 5 heteroatoms. The average molecular weight is 242 g/mol. The SMILES string of the molecule is Cc1ccc(C#CCC(=O)O)cc1C(F)(F)F. The van der Waals surface area contributed by atoms with E-state index < -0.39 is 24.1 Å². The first-order valence-corrected chi connectivity index (χ1v) is 4.69. The highest BCUT2D eigenvalue weighted by Gasteiger charge is 2.32. The molecule has 0 atom stereocenters. The number of carboxylic acid groups (broad SMARTS) is 1. The van der Waals surface area contributed by atoms with Crippen molar-refractivity contribution >= 4 is 5.97 Å². The molecule has 2 nitrogen and oxygen atoms in total. The Hall–Kier alpha value is -1.96. The maximum atomic E-state index is 12.5. The van der Waals surface area contributed by atoms with Crippen LogP contribution in [-0.4, -0.2) is 11.1 Å². The normalized spacial score (nSPS) is 10.6. The first-order chi connectivity index (χ1) is 7.80. The third-order valence-corrected chi connectivity index (χ3v) is 2.02. The summed E-state index contributed by atoms with van der Waals surface area (Å²) >= 11 is 0. The van der Waals surface area contributed by atoms with Gasteiger partial charge < -0.3 is 5.11 Å². The molecule has 17 heavy (non-hydrogen) atoms. The van der Waals surface area contributed by atoms with Crippen molar-refractivity contribution < 1.29 is 23.1 Å². The molecular formula is C12H9F3O2. The second kappa shape index (κ2) is 4.91.